The molecule has 5 rings (SSSR count). The molecular formula is C36H38ClN3O3. The fourth-order valence-electron chi connectivity index (χ4n) is 5.28. The van der Waals surface area contributed by atoms with E-state index in [1.165, 1.54) is 30.4 Å². The monoisotopic (exact) mass is 595 g/mol. The molecule has 6 nitrogen and oxygen atoms in total. The molecule has 0 unspecified atom stereocenters. The maximum atomic E-state index is 12.7. The fraction of sp³-hybridized carbons (Fsp3) is 0.278. The van der Waals surface area contributed by atoms with E-state index in [1.54, 1.807) is 6.21 Å². The molecule has 0 spiro atoms. The first-order chi connectivity index (χ1) is 21.1. The molecule has 1 aliphatic rings. The minimum absolute atomic E-state index is 0.252. The molecule has 1 saturated heterocycles. The second-order valence-corrected chi connectivity index (χ2v) is 11.3. The number of likely N-dealkylation sites (tertiary alicyclic amines) is 1. The number of benzene rings is 4. The standard InChI is InChI=1S/C36H38ClN3O3/c1-2-42-35-23-31(12-17-34(35)43-26-30-10-15-33(37)16-11-30)24-38-39-36(41)32-13-8-29(9-14-32)25-40-20-18-28(19-21-40)22-27-6-4-3-5-7-27/h3-17,23-24,28H,2,18-22,25-26H2,1H3,(H,39,41)/b38-24-. The van der Waals surface area contributed by atoms with Crippen molar-refractivity contribution in [3.05, 3.63) is 130 Å². The minimum atomic E-state index is -0.252. The van der Waals surface area contributed by atoms with Crippen LogP contribution in [0.1, 0.15) is 52.4 Å². The predicted octanol–water partition coefficient (Wildman–Crippen LogP) is 7.54. The van der Waals surface area contributed by atoms with Crippen LogP contribution in [0.25, 0.3) is 0 Å². The van der Waals surface area contributed by atoms with Crippen molar-refractivity contribution >= 4 is 23.7 Å². The fourth-order valence-corrected chi connectivity index (χ4v) is 5.41. The number of hydrogen-bond donors (Lipinski definition) is 1. The molecular weight excluding hydrogens is 558 g/mol. The van der Waals surface area contributed by atoms with Gasteiger partial charge in [-0.1, -0.05) is 66.2 Å². The van der Waals surface area contributed by atoms with E-state index in [0.717, 1.165) is 36.7 Å². The maximum Gasteiger partial charge on any atom is 0.271 e. The molecule has 222 valence electrons. The Balaban J connectivity index is 1.08. The Hall–Kier alpha value is -4.13. The van der Waals surface area contributed by atoms with Crippen LogP contribution in [0.3, 0.4) is 0 Å². The lowest BCUT2D eigenvalue weighted by Gasteiger charge is -2.32. The summed E-state index contributed by atoms with van der Waals surface area (Å²) in [6, 6.07) is 31.7. The van der Waals surface area contributed by atoms with Crippen LogP contribution in [-0.2, 0) is 19.6 Å². The van der Waals surface area contributed by atoms with Gasteiger partial charge in [-0.2, -0.15) is 5.10 Å². The second-order valence-electron chi connectivity index (χ2n) is 10.9. The van der Waals surface area contributed by atoms with Crippen molar-refractivity contribution in [2.24, 2.45) is 11.0 Å². The Morgan fingerprint density at radius 1 is 0.884 bits per heavy atom. The van der Waals surface area contributed by atoms with Crippen LogP contribution < -0.4 is 14.9 Å². The van der Waals surface area contributed by atoms with Crippen LogP contribution in [0.15, 0.2) is 102 Å². The summed E-state index contributed by atoms with van der Waals surface area (Å²) in [4.78, 5) is 15.2. The van der Waals surface area contributed by atoms with E-state index in [2.05, 4.69) is 45.8 Å². The van der Waals surface area contributed by atoms with Crippen molar-refractivity contribution in [2.75, 3.05) is 19.7 Å². The summed E-state index contributed by atoms with van der Waals surface area (Å²) in [5.74, 6) is 1.75. The number of rotatable bonds is 12. The zero-order valence-corrected chi connectivity index (χ0v) is 25.3. The molecule has 7 heteroatoms. The van der Waals surface area contributed by atoms with E-state index >= 15 is 0 Å². The van der Waals surface area contributed by atoms with Gasteiger partial charge in [-0.3, -0.25) is 9.69 Å². The van der Waals surface area contributed by atoms with Crippen molar-refractivity contribution in [1.29, 1.82) is 0 Å². The molecule has 0 atom stereocenters. The summed E-state index contributed by atoms with van der Waals surface area (Å²) >= 11 is 5.97. The van der Waals surface area contributed by atoms with Crippen molar-refractivity contribution in [3.63, 3.8) is 0 Å². The van der Waals surface area contributed by atoms with Crippen molar-refractivity contribution in [3.8, 4) is 11.5 Å². The van der Waals surface area contributed by atoms with Gasteiger partial charge in [0.05, 0.1) is 12.8 Å². The Bertz CT molecular complexity index is 1480. The van der Waals surface area contributed by atoms with Gasteiger partial charge < -0.3 is 9.47 Å². The summed E-state index contributed by atoms with van der Waals surface area (Å²) in [5.41, 5.74) is 7.63. The first kappa shape index (κ1) is 30.3. The van der Waals surface area contributed by atoms with Crippen molar-refractivity contribution < 1.29 is 14.3 Å². The number of ether oxygens (including phenoxy) is 2. The number of carbonyl (C=O) groups excluding carboxylic acids is 1. The van der Waals surface area contributed by atoms with Crippen LogP contribution in [-0.4, -0.2) is 36.7 Å². The Morgan fingerprint density at radius 2 is 1.60 bits per heavy atom. The Kier molecular flexibility index (Phi) is 10.8. The average molecular weight is 596 g/mol. The predicted molar refractivity (Wildman–Crippen MR) is 173 cm³/mol. The molecule has 4 aromatic carbocycles. The van der Waals surface area contributed by atoms with E-state index < -0.39 is 0 Å². The third-order valence-electron chi connectivity index (χ3n) is 7.65. The lowest BCUT2D eigenvalue weighted by Crippen LogP contribution is -2.33. The molecule has 1 amide bonds. The van der Waals surface area contributed by atoms with E-state index in [4.69, 9.17) is 21.1 Å². The van der Waals surface area contributed by atoms with E-state index in [0.29, 0.717) is 35.3 Å². The normalized spacial score (nSPS) is 14.1. The third-order valence-corrected chi connectivity index (χ3v) is 7.90. The number of nitrogens with one attached hydrogen (secondary N) is 1. The van der Waals surface area contributed by atoms with Gasteiger partial charge in [0.25, 0.3) is 5.91 Å². The number of halogens is 1. The third kappa shape index (κ3) is 9.18. The first-order valence-electron chi connectivity index (χ1n) is 14.9. The van der Waals surface area contributed by atoms with E-state index in [-0.39, 0.29) is 5.91 Å². The van der Waals surface area contributed by atoms with Crippen molar-refractivity contribution in [2.45, 2.75) is 39.3 Å². The Labute approximate surface area is 259 Å². The highest BCUT2D eigenvalue weighted by Gasteiger charge is 2.19. The zero-order valence-electron chi connectivity index (χ0n) is 24.5. The van der Waals surface area contributed by atoms with Gasteiger partial charge in [0.1, 0.15) is 6.61 Å². The minimum Gasteiger partial charge on any atom is -0.490 e. The topological polar surface area (TPSA) is 63.2 Å². The highest BCUT2D eigenvalue weighted by molar-refractivity contribution is 6.30. The van der Waals surface area contributed by atoms with Gasteiger partial charge in [-0.15, -0.1) is 0 Å². The number of nitrogens with zero attached hydrogens (tertiary/aromatic N) is 2. The number of amides is 1. The zero-order chi connectivity index (χ0) is 29.9. The molecule has 1 fully saturated rings. The Morgan fingerprint density at radius 3 is 2.33 bits per heavy atom. The summed E-state index contributed by atoms with van der Waals surface area (Å²) in [5, 5.41) is 4.85. The molecule has 0 radical (unpaired) electrons. The van der Waals surface area contributed by atoms with Crippen LogP contribution in [0.5, 0.6) is 11.5 Å². The summed E-state index contributed by atoms with van der Waals surface area (Å²) in [6.07, 6.45) is 5.20. The van der Waals surface area contributed by atoms with E-state index in [9.17, 15) is 4.79 Å². The summed E-state index contributed by atoms with van der Waals surface area (Å²) < 4.78 is 11.7. The molecule has 0 saturated carbocycles. The SMILES string of the molecule is CCOc1cc(/C=N\NC(=O)c2ccc(CN3CCC(Cc4ccccc4)CC3)cc2)ccc1OCc1ccc(Cl)cc1. The van der Waals surface area contributed by atoms with Crippen LogP contribution >= 0.6 is 11.6 Å². The molecule has 1 N–H and O–H groups in total. The lowest BCUT2D eigenvalue weighted by molar-refractivity contribution is 0.0955. The lowest BCUT2D eigenvalue weighted by atomic mass is 9.90. The largest absolute Gasteiger partial charge is 0.490 e. The van der Waals surface area contributed by atoms with Gasteiger partial charge in [0.2, 0.25) is 0 Å². The van der Waals surface area contributed by atoms with Crippen LogP contribution in [0.2, 0.25) is 5.02 Å². The van der Waals surface area contributed by atoms with Gasteiger partial charge in [-0.05, 0) is 110 Å². The number of piperidine rings is 1. The molecule has 1 aliphatic heterocycles. The molecule has 43 heavy (non-hydrogen) atoms. The highest BCUT2D eigenvalue weighted by Crippen LogP contribution is 2.29. The summed E-state index contributed by atoms with van der Waals surface area (Å²) in [6.45, 7) is 5.93. The number of hydrogen-bond acceptors (Lipinski definition) is 5. The number of hydrazone groups is 1. The van der Waals surface area contributed by atoms with Gasteiger partial charge in [0.15, 0.2) is 11.5 Å². The molecule has 0 aromatic heterocycles. The molecule has 4 aromatic rings. The smallest absolute Gasteiger partial charge is 0.271 e. The molecule has 0 bridgehead atoms. The maximum absolute atomic E-state index is 12.7. The first-order valence-corrected chi connectivity index (χ1v) is 15.3. The van der Waals surface area contributed by atoms with E-state index in [1.807, 2.05) is 73.7 Å². The van der Waals surface area contributed by atoms with Crippen LogP contribution in [0, 0.1) is 5.92 Å². The molecule has 0 aliphatic carbocycles. The summed E-state index contributed by atoms with van der Waals surface area (Å²) in [7, 11) is 0. The van der Waals surface area contributed by atoms with Crippen molar-refractivity contribution in [1.82, 2.24) is 10.3 Å². The highest BCUT2D eigenvalue weighted by atomic mass is 35.5. The van der Waals surface area contributed by atoms with Crippen LogP contribution in [0.4, 0.5) is 0 Å². The molecule has 1 heterocycles. The van der Waals surface area contributed by atoms with Gasteiger partial charge >= 0.3 is 0 Å². The quantitative estimate of drug-likeness (QED) is 0.136. The number of carbonyl (C=O) groups is 1. The van der Waals surface area contributed by atoms with Gasteiger partial charge in [0, 0.05) is 17.1 Å². The van der Waals surface area contributed by atoms with Gasteiger partial charge in [-0.25, -0.2) is 5.43 Å². The second kappa shape index (κ2) is 15.4. The average Bonchev–Trinajstić information content (AvgIpc) is 3.03.